The van der Waals surface area contributed by atoms with Crippen LogP contribution in [0.5, 0.6) is 0 Å². The molecule has 0 spiro atoms. The number of hydrogen-bond donors (Lipinski definition) is 0. The van der Waals surface area contributed by atoms with Gasteiger partial charge in [0.15, 0.2) is 5.25 Å². The third kappa shape index (κ3) is 14.5. The van der Waals surface area contributed by atoms with Crippen molar-refractivity contribution >= 4 is 22.1 Å². The number of rotatable bonds is 16. The molecule has 0 aromatic heterocycles. The summed E-state index contributed by atoms with van der Waals surface area (Å²) in [6, 6.07) is 0. The van der Waals surface area contributed by atoms with Gasteiger partial charge in [-0.05, 0) is 31.6 Å². The smallest absolute Gasteiger partial charge is 0.747 e. The van der Waals surface area contributed by atoms with Gasteiger partial charge in [0.1, 0.15) is 16.2 Å². The van der Waals surface area contributed by atoms with Gasteiger partial charge >= 0.3 is 41.5 Å². The van der Waals surface area contributed by atoms with E-state index in [9.17, 15) is 22.6 Å². The average Bonchev–Trinajstić information content (AvgIpc) is 2.64. The molecule has 3 unspecified atom stereocenters. The molecule has 0 N–H and O–H groups in total. The fourth-order valence-corrected chi connectivity index (χ4v) is 3.46. The van der Waals surface area contributed by atoms with E-state index < -0.39 is 39.8 Å². The molecular weight excluding hydrogens is 407 g/mol. The number of carbonyl (C=O) groups is 2. The van der Waals surface area contributed by atoms with Crippen LogP contribution in [0.15, 0.2) is 0 Å². The number of carbonyl (C=O) groups excluding carboxylic acids is 2. The molecular formula is C20H37NaO7S. The summed E-state index contributed by atoms with van der Waals surface area (Å²) in [4.78, 5) is 24.3. The Morgan fingerprint density at radius 2 is 1.55 bits per heavy atom. The minimum absolute atomic E-state index is 0. The van der Waals surface area contributed by atoms with Crippen LogP contribution >= 0.6 is 0 Å². The van der Waals surface area contributed by atoms with Crippen molar-refractivity contribution < 1.29 is 61.6 Å². The van der Waals surface area contributed by atoms with E-state index in [0.717, 1.165) is 44.9 Å². The zero-order valence-corrected chi connectivity index (χ0v) is 21.6. The Labute approximate surface area is 198 Å². The van der Waals surface area contributed by atoms with Crippen LogP contribution in [0.3, 0.4) is 0 Å². The second-order valence-electron chi connectivity index (χ2n) is 7.25. The van der Waals surface area contributed by atoms with Gasteiger partial charge in [-0.1, -0.05) is 59.8 Å². The van der Waals surface area contributed by atoms with E-state index in [0.29, 0.717) is 12.8 Å². The molecule has 0 fully saturated rings. The normalized spacial score (nSPS) is 14.4. The largest absolute Gasteiger partial charge is 1.00 e. The summed E-state index contributed by atoms with van der Waals surface area (Å²) in [5.74, 6) is -1.84. The number of esters is 2. The first-order valence-corrected chi connectivity index (χ1v) is 12.0. The van der Waals surface area contributed by atoms with Gasteiger partial charge in [-0.25, -0.2) is 8.42 Å². The molecule has 0 bridgehead atoms. The van der Waals surface area contributed by atoms with E-state index in [1.165, 1.54) is 0 Å². The van der Waals surface area contributed by atoms with Crippen LogP contribution in [0.4, 0.5) is 0 Å². The van der Waals surface area contributed by atoms with Crippen LogP contribution in [-0.4, -0.2) is 42.9 Å². The summed E-state index contributed by atoms with van der Waals surface area (Å²) in [5.41, 5.74) is 0. The average molecular weight is 445 g/mol. The molecule has 0 rings (SSSR count). The Kier molecular flexibility index (Phi) is 18.8. The van der Waals surface area contributed by atoms with Crippen molar-refractivity contribution in [2.45, 2.75) is 103 Å². The molecule has 3 atom stereocenters. The fourth-order valence-electron chi connectivity index (χ4n) is 2.83. The molecule has 0 aromatic rings. The van der Waals surface area contributed by atoms with E-state index in [-0.39, 0.29) is 42.1 Å². The minimum atomic E-state index is -5.02. The van der Waals surface area contributed by atoms with E-state index in [2.05, 4.69) is 6.92 Å². The van der Waals surface area contributed by atoms with E-state index in [4.69, 9.17) is 9.47 Å². The summed E-state index contributed by atoms with van der Waals surface area (Å²) in [6.07, 6.45) is 6.44. The molecule has 0 amide bonds. The Morgan fingerprint density at radius 1 is 0.931 bits per heavy atom. The zero-order chi connectivity index (χ0) is 21.6. The summed E-state index contributed by atoms with van der Waals surface area (Å²) in [6.45, 7) is 8.08. The predicted molar refractivity (Wildman–Crippen MR) is 107 cm³/mol. The monoisotopic (exact) mass is 444 g/mol. The molecule has 9 heteroatoms. The summed E-state index contributed by atoms with van der Waals surface area (Å²) in [7, 11) is -5.02. The zero-order valence-electron chi connectivity index (χ0n) is 18.8. The van der Waals surface area contributed by atoms with Gasteiger partial charge in [-0.3, -0.25) is 9.59 Å². The van der Waals surface area contributed by atoms with Crippen LogP contribution in [-0.2, 0) is 29.2 Å². The van der Waals surface area contributed by atoms with Crippen LogP contribution in [0.25, 0.3) is 0 Å². The standard InChI is InChI=1S/C20H38O7S.Na/c1-5-9-11-13-17(8-4)27-20(22)18(28(23,24)25)14-19(21)26-15-16(7-3)12-10-6-2;/h16-18H,5-15H2,1-4H3,(H,23,24,25);/q;+1/p-1. The first-order chi connectivity index (χ1) is 13.2. The van der Waals surface area contributed by atoms with Crippen LogP contribution in [0, 0.1) is 5.92 Å². The van der Waals surface area contributed by atoms with Crippen LogP contribution < -0.4 is 29.6 Å². The predicted octanol–water partition coefficient (Wildman–Crippen LogP) is 0.956. The Bertz CT molecular complexity index is 551. The maximum atomic E-state index is 12.3. The molecule has 0 aliphatic rings. The van der Waals surface area contributed by atoms with Gasteiger partial charge in [-0.2, -0.15) is 0 Å². The SMILES string of the molecule is CCCCCC(CC)OC(=O)C(CC(=O)OCC(CC)CCCC)S(=O)(=O)[O-].[Na+]. The van der Waals surface area contributed by atoms with Gasteiger partial charge < -0.3 is 14.0 Å². The van der Waals surface area contributed by atoms with Crippen molar-refractivity contribution in [3.63, 3.8) is 0 Å². The quantitative estimate of drug-likeness (QED) is 0.151. The van der Waals surface area contributed by atoms with Crippen LogP contribution in [0.2, 0.25) is 0 Å². The molecule has 0 aliphatic carbocycles. The maximum absolute atomic E-state index is 12.3. The van der Waals surface area contributed by atoms with Crippen molar-refractivity contribution in [2.24, 2.45) is 5.92 Å². The second kappa shape index (κ2) is 17.5. The summed E-state index contributed by atoms with van der Waals surface area (Å²) in [5, 5.41) is -2.06. The third-order valence-corrected chi connectivity index (χ3v) is 5.91. The molecule has 0 aromatic carbocycles. The van der Waals surface area contributed by atoms with E-state index in [1.807, 2.05) is 20.8 Å². The number of ether oxygens (including phenoxy) is 2. The molecule has 0 heterocycles. The van der Waals surface area contributed by atoms with Gasteiger partial charge in [-0.15, -0.1) is 0 Å². The molecule has 0 saturated carbocycles. The first-order valence-electron chi connectivity index (χ1n) is 10.5. The first kappa shape index (κ1) is 31.0. The molecule has 29 heavy (non-hydrogen) atoms. The Hall–Kier alpha value is -0.150. The minimum Gasteiger partial charge on any atom is -0.747 e. The molecule has 0 aliphatic heterocycles. The van der Waals surface area contributed by atoms with E-state index in [1.54, 1.807) is 0 Å². The maximum Gasteiger partial charge on any atom is 1.00 e. The fraction of sp³-hybridized carbons (Fsp3) is 0.900. The van der Waals surface area contributed by atoms with E-state index >= 15 is 0 Å². The number of unbranched alkanes of at least 4 members (excludes halogenated alkanes) is 3. The van der Waals surface area contributed by atoms with Crippen molar-refractivity contribution in [3.05, 3.63) is 0 Å². The van der Waals surface area contributed by atoms with Crippen molar-refractivity contribution in [1.29, 1.82) is 0 Å². The van der Waals surface area contributed by atoms with Crippen molar-refractivity contribution in [2.75, 3.05) is 6.61 Å². The molecule has 7 nitrogen and oxygen atoms in total. The van der Waals surface area contributed by atoms with Gasteiger partial charge in [0, 0.05) is 0 Å². The third-order valence-electron chi connectivity index (χ3n) is 4.85. The molecule has 166 valence electrons. The van der Waals surface area contributed by atoms with Crippen molar-refractivity contribution in [1.82, 2.24) is 0 Å². The molecule has 0 saturated heterocycles. The van der Waals surface area contributed by atoms with Gasteiger partial charge in [0.2, 0.25) is 0 Å². The van der Waals surface area contributed by atoms with Gasteiger partial charge in [0.05, 0.1) is 13.0 Å². The molecule has 0 radical (unpaired) electrons. The number of hydrogen-bond acceptors (Lipinski definition) is 7. The summed E-state index contributed by atoms with van der Waals surface area (Å²) >= 11 is 0. The summed E-state index contributed by atoms with van der Waals surface area (Å²) < 4.78 is 44.9. The Morgan fingerprint density at radius 3 is 2.03 bits per heavy atom. The Balaban J connectivity index is 0. The van der Waals surface area contributed by atoms with Gasteiger partial charge in [0.25, 0.3) is 0 Å². The van der Waals surface area contributed by atoms with Crippen molar-refractivity contribution in [3.8, 4) is 0 Å². The second-order valence-corrected chi connectivity index (χ2v) is 8.80. The topological polar surface area (TPSA) is 110 Å². The van der Waals surface area contributed by atoms with Crippen LogP contribution in [0.1, 0.15) is 91.9 Å².